The van der Waals surface area contributed by atoms with Crippen molar-refractivity contribution in [1.82, 2.24) is 10.2 Å². The molecule has 1 aromatic heterocycles. The number of hydrogen-bond donors (Lipinski definition) is 1. The fourth-order valence-corrected chi connectivity index (χ4v) is 1.38. The van der Waals surface area contributed by atoms with Gasteiger partial charge in [0.15, 0.2) is 5.69 Å². The number of hydrogen-bond acceptors (Lipinski definition) is 4. The van der Waals surface area contributed by atoms with E-state index >= 15 is 0 Å². The minimum atomic E-state index is -4.62. The van der Waals surface area contributed by atoms with E-state index in [0.717, 1.165) is 24.3 Å². The Morgan fingerprint density at radius 1 is 1.14 bits per heavy atom. The predicted octanol–water partition coefficient (Wildman–Crippen LogP) is 3.13. The molecule has 1 heterocycles. The number of carboxylic acids is 1. The van der Waals surface area contributed by atoms with Crippen molar-refractivity contribution < 1.29 is 32.2 Å². The van der Waals surface area contributed by atoms with E-state index in [2.05, 4.69) is 10.2 Å². The van der Waals surface area contributed by atoms with E-state index in [0.29, 0.717) is 6.07 Å². The van der Waals surface area contributed by atoms with E-state index < -0.39 is 29.2 Å². The molecule has 0 radical (unpaired) electrons. The molecule has 0 bridgehead atoms. The van der Waals surface area contributed by atoms with Gasteiger partial charge in [-0.2, -0.15) is 13.2 Å². The summed E-state index contributed by atoms with van der Waals surface area (Å²) in [5.74, 6) is -2.90. The molecule has 0 aliphatic heterocycles. The van der Waals surface area contributed by atoms with Crippen LogP contribution < -0.4 is 4.74 Å². The molecule has 2 aromatic rings. The molecule has 110 valence electrons. The molecule has 9 heteroatoms. The highest BCUT2D eigenvalue weighted by atomic mass is 19.4. The third-order valence-corrected chi connectivity index (χ3v) is 2.32. The number of aromatic carboxylic acids is 1. The average molecular weight is 302 g/mol. The second kappa shape index (κ2) is 5.35. The van der Waals surface area contributed by atoms with Gasteiger partial charge in [0.05, 0.1) is 5.56 Å². The molecule has 0 amide bonds. The zero-order valence-electron chi connectivity index (χ0n) is 10.1. The number of aromatic nitrogens is 2. The zero-order chi connectivity index (χ0) is 15.6. The quantitative estimate of drug-likeness (QED) is 0.882. The van der Waals surface area contributed by atoms with Crippen LogP contribution in [0.25, 0.3) is 0 Å². The Morgan fingerprint density at radius 2 is 1.86 bits per heavy atom. The Kier molecular flexibility index (Phi) is 3.74. The van der Waals surface area contributed by atoms with Crippen molar-refractivity contribution in [2.75, 3.05) is 0 Å². The molecule has 0 saturated carbocycles. The van der Waals surface area contributed by atoms with Crippen LogP contribution in [-0.2, 0) is 6.18 Å². The smallest absolute Gasteiger partial charge is 0.435 e. The van der Waals surface area contributed by atoms with Crippen LogP contribution >= 0.6 is 0 Å². The summed E-state index contributed by atoms with van der Waals surface area (Å²) in [5.41, 5.74) is -1.75. The molecule has 0 unspecified atom stereocenters. The lowest BCUT2D eigenvalue weighted by Gasteiger charge is -2.07. The molecule has 0 aliphatic carbocycles. The van der Waals surface area contributed by atoms with Gasteiger partial charge in [-0.1, -0.05) is 0 Å². The fourth-order valence-electron chi connectivity index (χ4n) is 1.38. The molecule has 1 N–H and O–H groups in total. The van der Waals surface area contributed by atoms with Crippen LogP contribution in [0.15, 0.2) is 30.3 Å². The number of benzene rings is 1. The maximum Gasteiger partial charge on any atom is 0.435 e. The lowest BCUT2D eigenvalue weighted by Crippen LogP contribution is -2.08. The van der Waals surface area contributed by atoms with Crippen LogP contribution in [0.5, 0.6) is 11.6 Å². The van der Waals surface area contributed by atoms with Crippen molar-refractivity contribution in [3.63, 3.8) is 0 Å². The minimum absolute atomic E-state index is 0.119. The van der Waals surface area contributed by atoms with Gasteiger partial charge in [-0.25, -0.2) is 9.18 Å². The van der Waals surface area contributed by atoms with E-state index in [1.165, 1.54) is 0 Å². The summed E-state index contributed by atoms with van der Waals surface area (Å²) in [6.45, 7) is 0. The van der Waals surface area contributed by atoms with Gasteiger partial charge in [0.2, 0.25) is 5.88 Å². The third-order valence-electron chi connectivity index (χ3n) is 2.32. The van der Waals surface area contributed by atoms with Crippen molar-refractivity contribution >= 4 is 5.97 Å². The summed E-state index contributed by atoms with van der Waals surface area (Å²) >= 11 is 0. The summed E-state index contributed by atoms with van der Waals surface area (Å²) in [6, 6.07) is 4.46. The number of halogens is 4. The van der Waals surface area contributed by atoms with Crippen molar-refractivity contribution in [2.45, 2.75) is 6.18 Å². The first kappa shape index (κ1) is 14.7. The number of carbonyl (C=O) groups is 1. The van der Waals surface area contributed by atoms with Gasteiger partial charge in [-0.15, -0.1) is 10.2 Å². The van der Waals surface area contributed by atoms with Gasteiger partial charge in [0, 0.05) is 12.1 Å². The van der Waals surface area contributed by atoms with Gasteiger partial charge in [0.25, 0.3) is 0 Å². The van der Waals surface area contributed by atoms with E-state index in [4.69, 9.17) is 9.84 Å². The number of rotatable bonds is 3. The average Bonchev–Trinajstić information content (AvgIpc) is 2.38. The summed E-state index contributed by atoms with van der Waals surface area (Å²) in [5, 5.41) is 14.8. The normalized spacial score (nSPS) is 11.2. The molecule has 0 atom stereocenters. The first-order valence-electron chi connectivity index (χ1n) is 5.39. The second-order valence-corrected chi connectivity index (χ2v) is 3.80. The zero-order valence-corrected chi connectivity index (χ0v) is 10.1. The van der Waals surface area contributed by atoms with Crippen LogP contribution in [0.2, 0.25) is 0 Å². The molecule has 21 heavy (non-hydrogen) atoms. The summed E-state index contributed by atoms with van der Waals surface area (Å²) < 4.78 is 55.2. The number of alkyl halides is 3. The van der Waals surface area contributed by atoms with E-state index in [1.54, 1.807) is 0 Å². The van der Waals surface area contributed by atoms with Crippen molar-refractivity contribution in [1.29, 1.82) is 0 Å². The standard InChI is InChI=1S/C12H6F4N2O3/c13-8-5-6(1-2-7(8)11(19)20)21-10-4-3-9(17-18-10)12(14,15)16/h1-5H,(H,19,20). The highest BCUT2D eigenvalue weighted by Crippen LogP contribution is 2.28. The lowest BCUT2D eigenvalue weighted by molar-refractivity contribution is -0.141. The minimum Gasteiger partial charge on any atom is -0.478 e. The van der Waals surface area contributed by atoms with Crippen LogP contribution in [0, 0.1) is 5.82 Å². The molecule has 2 rings (SSSR count). The van der Waals surface area contributed by atoms with Crippen LogP contribution in [-0.4, -0.2) is 21.3 Å². The van der Waals surface area contributed by atoms with Gasteiger partial charge in [-0.05, 0) is 18.2 Å². The Labute approximate surface area is 114 Å². The molecular weight excluding hydrogens is 296 g/mol. The highest BCUT2D eigenvalue weighted by Gasteiger charge is 2.33. The van der Waals surface area contributed by atoms with Crippen molar-refractivity contribution in [3.05, 3.63) is 47.4 Å². The van der Waals surface area contributed by atoms with Crippen LogP contribution in [0.1, 0.15) is 16.1 Å². The first-order valence-corrected chi connectivity index (χ1v) is 5.39. The molecule has 5 nitrogen and oxygen atoms in total. The Bertz CT molecular complexity index is 671. The molecule has 0 spiro atoms. The highest BCUT2D eigenvalue weighted by molar-refractivity contribution is 5.88. The van der Waals surface area contributed by atoms with E-state index in [1.807, 2.05) is 0 Å². The van der Waals surface area contributed by atoms with Gasteiger partial charge < -0.3 is 9.84 Å². The number of nitrogens with zero attached hydrogens (tertiary/aromatic N) is 2. The summed E-state index contributed by atoms with van der Waals surface area (Å²) in [4.78, 5) is 10.6. The SMILES string of the molecule is O=C(O)c1ccc(Oc2ccc(C(F)(F)F)nn2)cc1F. The largest absolute Gasteiger partial charge is 0.478 e. The predicted molar refractivity (Wildman–Crippen MR) is 60.5 cm³/mol. The monoisotopic (exact) mass is 302 g/mol. The van der Waals surface area contributed by atoms with E-state index in [-0.39, 0.29) is 11.6 Å². The number of ether oxygens (including phenoxy) is 1. The summed E-state index contributed by atoms with van der Waals surface area (Å²) in [6.07, 6.45) is -4.62. The first-order chi connectivity index (χ1) is 9.77. The van der Waals surface area contributed by atoms with Gasteiger partial charge in [-0.3, -0.25) is 0 Å². The fraction of sp³-hybridized carbons (Fsp3) is 0.0833. The summed E-state index contributed by atoms with van der Waals surface area (Å²) in [7, 11) is 0. The van der Waals surface area contributed by atoms with E-state index in [9.17, 15) is 22.4 Å². The molecule has 0 saturated heterocycles. The maximum atomic E-state index is 13.4. The molecule has 0 aliphatic rings. The van der Waals surface area contributed by atoms with Gasteiger partial charge in [0.1, 0.15) is 11.6 Å². The van der Waals surface area contributed by atoms with Crippen LogP contribution in [0.3, 0.4) is 0 Å². The third kappa shape index (κ3) is 3.44. The van der Waals surface area contributed by atoms with Crippen molar-refractivity contribution in [3.8, 4) is 11.6 Å². The lowest BCUT2D eigenvalue weighted by atomic mass is 10.2. The molecule has 1 aromatic carbocycles. The maximum absolute atomic E-state index is 13.4. The molecule has 0 fully saturated rings. The Balaban J connectivity index is 2.19. The molecular formula is C12H6F4N2O3. The second-order valence-electron chi connectivity index (χ2n) is 3.80. The van der Waals surface area contributed by atoms with Crippen molar-refractivity contribution in [2.24, 2.45) is 0 Å². The number of carboxylic acid groups (broad SMARTS) is 1. The van der Waals surface area contributed by atoms with Crippen LogP contribution in [0.4, 0.5) is 17.6 Å². The van der Waals surface area contributed by atoms with Gasteiger partial charge >= 0.3 is 12.1 Å². The Morgan fingerprint density at radius 3 is 2.33 bits per heavy atom. The topological polar surface area (TPSA) is 72.3 Å². The Hall–Kier alpha value is -2.71.